The Hall–Kier alpha value is -1.58. The first-order valence-corrected chi connectivity index (χ1v) is 7.30. The van der Waals surface area contributed by atoms with Crippen LogP contribution in [0.1, 0.15) is 22.3 Å². The van der Waals surface area contributed by atoms with Gasteiger partial charge in [-0.2, -0.15) is 0 Å². The molecular weight excluding hydrogens is 312 g/mol. The summed E-state index contributed by atoms with van der Waals surface area (Å²) in [5.74, 6) is -1.06. The van der Waals surface area contributed by atoms with E-state index in [9.17, 15) is 9.18 Å². The zero-order valence-corrected chi connectivity index (χ0v) is 12.7. The average molecular weight is 326 g/mol. The lowest BCUT2D eigenvalue weighted by Gasteiger charge is -2.08. The summed E-state index contributed by atoms with van der Waals surface area (Å²) in [6.45, 7) is 0.494. The lowest BCUT2D eigenvalue weighted by molar-refractivity contribution is 0.0953. The largest absolute Gasteiger partial charge is 0.352 e. The second-order valence-electron chi connectivity index (χ2n) is 4.59. The van der Waals surface area contributed by atoms with E-state index in [2.05, 4.69) is 5.32 Å². The zero-order valence-electron chi connectivity index (χ0n) is 11.2. The average Bonchev–Trinajstić information content (AvgIpc) is 2.48. The Labute approximate surface area is 132 Å². The van der Waals surface area contributed by atoms with Gasteiger partial charge >= 0.3 is 0 Å². The van der Waals surface area contributed by atoms with Crippen LogP contribution in [0.2, 0.25) is 10.0 Å². The van der Waals surface area contributed by atoms with Crippen molar-refractivity contribution in [3.8, 4) is 0 Å². The van der Waals surface area contributed by atoms with Crippen molar-refractivity contribution in [1.29, 1.82) is 0 Å². The molecule has 1 amide bonds. The Morgan fingerprint density at radius 2 is 1.81 bits per heavy atom. The standard InChI is InChI=1S/C16H14Cl2FNO/c17-13-10-14(18)15(19)9-12(13)16(21)20-8-4-7-11-5-2-1-3-6-11/h1-3,5-6,9-10H,4,7-8H2,(H,20,21). The topological polar surface area (TPSA) is 29.1 Å². The maximum absolute atomic E-state index is 13.4. The van der Waals surface area contributed by atoms with E-state index in [1.807, 2.05) is 30.3 Å². The number of halogens is 3. The predicted octanol–water partition coefficient (Wildman–Crippen LogP) is 4.50. The normalized spacial score (nSPS) is 10.4. The molecule has 0 unspecified atom stereocenters. The molecule has 0 aliphatic rings. The highest BCUT2D eigenvalue weighted by atomic mass is 35.5. The van der Waals surface area contributed by atoms with Crippen molar-refractivity contribution in [3.05, 3.63) is 69.5 Å². The first kappa shape index (κ1) is 15.8. The van der Waals surface area contributed by atoms with Crippen LogP contribution in [0.15, 0.2) is 42.5 Å². The summed E-state index contributed by atoms with van der Waals surface area (Å²) < 4.78 is 13.4. The molecule has 0 atom stereocenters. The van der Waals surface area contributed by atoms with Crippen LogP contribution in [0.3, 0.4) is 0 Å². The van der Waals surface area contributed by atoms with E-state index in [1.165, 1.54) is 11.6 Å². The number of amides is 1. The van der Waals surface area contributed by atoms with Crippen molar-refractivity contribution in [1.82, 2.24) is 5.32 Å². The molecule has 0 radical (unpaired) electrons. The molecule has 0 aromatic heterocycles. The molecule has 2 nitrogen and oxygen atoms in total. The summed E-state index contributed by atoms with van der Waals surface area (Å²) in [6.07, 6.45) is 1.66. The number of hydrogen-bond donors (Lipinski definition) is 1. The van der Waals surface area contributed by atoms with Crippen molar-refractivity contribution in [2.24, 2.45) is 0 Å². The molecule has 0 heterocycles. The van der Waals surface area contributed by atoms with Gasteiger partial charge in [0.1, 0.15) is 5.82 Å². The molecule has 0 saturated carbocycles. The molecule has 1 N–H and O–H groups in total. The molecule has 21 heavy (non-hydrogen) atoms. The van der Waals surface area contributed by atoms with Gasteiger partial charge in [-0.3, -0.25) is 4.79 Å². The van der Waals surface area contributed by atoms with E-state index >= 15 is 0 Å². The van der Waals surface area contributed by atoms with Gasteiger partial charge in [-0.25, -0.2) is 4.39 Å². The van der Waals surface area contributed by atoms with Gasteiger partial charge in [0.25, 0.3) is 5.91 Å². The Morgan fingerprint density at radius 1 is 1.10 bits per heavy atom. The molecule has 2 aromatic rings. The molecule has 2 rings (SSSR count). The summed E-state index contributed by atoms with van der Waals surface area (Å²) in [5.41, 5.74) is 1.31. The van der Waals surface area contributed by atoms with Crippen molar-refractivity contribution in [2.45, 2.75) is 12.8 Å². The van der Waals surface area contributed by atoms with Gasteiger partial charge in [0.05, 0.1) is 15.6 Å². The molecule has 0 spiro atoms. The van der Waals surface area contributed by atoms with Gasteiger partial charge < -0.3 is 5.32 Å². The Morgan fingerprint density at radius 3 is 2.52 bits per heavy atom. The summed E-state index contributed by atoms with van der Waals surface area (Å²) >= 11 is 11.5. The Bertz CT molecular complexity index is 632. The van der Waals surface area contributed by atoms with Gasteiger partial charge in [-0.05, 0) is 30.5 Å². The molecule has 0 bridgehead atoms. The smallest absolute Gasteiger partial charge is 0.252 e. The highest BCUT2D eigenvalue weighted by molar-refractivity contribution is 6.36. The van der Waals surface area contributed by atoms with Crippen LogP contribution in [0, 0.1) is 5.82 Å². The molecule has 0 aliphatic carbocycles. The maximum Gasteiger partial charge on any atom is 0.252 e. The number of carbonyl (C=O) groups excluding carboxylic acids is 1. The fourth-order valence-electron chi connectivity index (χ4n) is 1.93. The summed E-state index contributed by atoms with van der Waals surface area (Å²) in [6, 6.07) is 12.3. The monoisotopic (exact) mass is 325 g/mol. The van der Waals surface area contributed by atoms with Gasteiger partial charge in [0, 0.05) is 6.54 Å². The van der Waals surface area contributed by atoms with E-state index in [0.717, 1.165) is 18.9 Å². The first-order valence-electron chi connectivity index (χ1n) is 6.54. The third-order valence-electron chi connectivity index (χ3n) is 3.03. The number of benzene rings is 2. The fraction of sp³-hybridized carbons (Fsp3) is 0.188. The van der Waals surface area contributed by atoms with Crippen LogP contribution in [0.25, 0.3) is 0 Å². The van der Waals surface area contributed by atoms with Crippen LogP contribution in [0.4, 0.5) is 4.39 Å². The molecule has 5 heteroatoms. The second kappa shape index (κ2) is 7.43. The van der Waals surface area contributed by atoms with Crippen molar-refractivity contribution in [3.63, 3.8) is 0 Å². The number of rotatable bonds is 5. The van der Waals surface area contributed by atoms with E-state index in [1.54, 1.807) is 0 Å². The van der Waals surface area contributed by atoms with E-state index in [4.69, 9.17) is 23.2 Å². The molecule has 0 saturated heterocycles. The highest BCUT2D eigenvalue weighted by Crippen LogP contribution is 2.24. The molecule has 0 fully saturated rings. The van der Waals surface area contributed by atoms with Gasteiger partial charge in [0.2, 0.25) is 0 Å². The van der Waals surface area contributed by atoms with Crippen LogP contribution in [0.5, 0.6) is 0 Å². The number of hydrogen-bond acceptors (Lipinski definition) is 1. The van der Waals surface area contributed by atoms with Crippen LogP contribution in [-0.4, -0.2) is 12.5 Å². The van der Waals surface area contributed by atoms with Crippen molar-refractivity contribution >= 4 is 29.1 Å². The van der Waals surface area contributed by atoms with Crippen LogP contribution >= 0.6 is 23.2 Å². The summed E-state index contributed by atoms with van der Waals surface area (Å²) in [7, 11) is 0. The van der Waals surface area contributed by atoms with Crippen molar-refractivity contribution in [2.75, 3.05) is 6.54 Å². The lowest BCUT2D eigenvalue weighted by atomic mass is 10.1. The molecular formula is C16H14Cl2FNO. The van der Waals surface area contributed by atoms with Gasteiger partial charge in [-0.15, -0.1) is 0 Å². The minimum Gasteiger partial charge on any atom is -0.352 e. The molecule has 2 aromatic carbocycles. The zero-order chi connectivity index (χ0) is 15.2. The maximum atomic E-state index is 13.4. The fourth-order valence-corrected chi connectivity index (χ4v) is 2.40. The van der Waals surface area contributed by atoms with Gasteiger partial charge in [0.15, 0.2) is 0 Å². The molecule has 110 valence electrons. The third kappa shape index (κ3) is 4.45. The SMILES string of the molecule is O=C(NCCCc1ccccc1)c1cc(F)c(Cl)cc1Cl. The second-order valence-corrected chi connectivity index (χ2v) is 5.41. The van der Waals surface area contributed by atoms with Crippen LogP contribution in [-0.2, 0) is 6.42 Å². The summed E-state index contributed by atoms with van der Waals surface area (Å²) in [5, 5.41) is 2.77. The quantitative estimate of drug-likeness (QED) is 0.636. The van der Waals surface area contributed by atoms with Crippen LogP contribution < -0.4 is 5.32 Å². The predicted molar refractivity (Wildman–Crippen MR) is 83.5 cm³/mol. The Kier molecular flexibility index (Phi) is 5.59. The molecule has 0 aliphatic heterocycles. The Balaban J connectivity index is 1.86. The third-order valence-corrected chi connectivity index (χ3v) is 3.63. The van der Waals surface area contributed by atoms with E-state index in [-0.39, 0.29) is 15.6 Å². The lowest BCUT2D eigenvalue weighted by Crippen LogP contribution is -2.25. The minimum atomic E-state index is -0.657. The number of carbonyl (C=O) groups is 1. The van der Waals surface area contributed by atoms with E-state index < -0.39 is 11.7 Å². The number of aryl methyl sites for hydroxylation is 1. The van der Waals surface area contributed by atoms with E-state index in [0.29, 0.717) is 6.54 Å². The number of nitrogens with one attached hydrogen (secondary N) is 1. The summed E-state index contributed by atoms with van der Waals surface area (Å²) in [4.78, 5) is 11.9. The van der Waals surface area contributed by atoms with Gasteiger partial charge in [-0.1, -0.05) is 53.5 Å². The first-order chi connectivity index (χ1) is 10.1. The van der Waals surface area contributed by atoms with Crippen molar-refractivity contribution < 1.29 is 9.18 Å². The highest BCUT2D eigenvalue weighted by Gasteiger charge is 2.13. The minimum absolute atomic E-state index is 0.0956.